The molecule has 0 aliphatic carbocycles. The molecule has 0 amide bonds. The summed E-state index contributed by atoms with van der Waals surface area (Å²) in [6.45, 7) is 8.63. The van der Waals surface area contributed by atoms with E-state index in [9.17, 15) is 0 Å². The second kappa shape index (κ2) is 10.0. The van der Waals surface area contributed by atoms with Gasteiger partial charge >= 0.3 is 0 Å². The first kappa shape index (κ1) is 22.2. The molecule has 0 radical (unpaired) electrons. The van der Waals surface area contributed by atoms with Crippen molar-refractivity contribution < 1.29 is 9.47 Å². The lowest BCUT2D eigenvalue weighted by Crippen LogP contribution is -2.17. The molecule has 0 fully saturated rings. The number of hydrogen-bond donors (Lipinski definition) is 0. The van der Waals surface area contributed by atoms with Crippen molar-refractivity contribution in [2.24, 2.45) is 0 Å². The van der Waals surface area contributed by atoms with Gasteiger partial charge in [0.25, 0.3) is 0 Å². The first-order valence-corrected chi connectivity index (χ1v) is 11.0. The van der Waals surface area contributed by atoms with Crippen molar-refractivity contribution in [2.45, 2.75) is 58.5 Å². The molecule has 0 spiro atoms. The van der Waals surface area contributed by atoms with E-state index in [1.165, 1.54) is 11.1 Å². The molecule has 30 heavy (non-hydrogen) atoms. The molecule has 0 saturated heterocycles. The van der Waals surface area contributed by atoms with Crippen molar-refractivity contribution >= 4 is 11.6 Å². The highest BCUT2D eigenvalue weighted by Crippen LogP contribution is 2.31. The maximum Gasteiger partial charge on any atom is 0.127 e. The number of benzene rings is 3. The van der Waals surface area contributed by atoms with Crippen LogP contribution in [0.5, 0.6) is 17.2 Å². The fraction of sp³-hybridized carbons (Fsp3) is 0.333. The molecule has 0 aliphatic rings. The molecule has 3 aromatic rings. The Morgan fingerprint density at radius 2 is 1.50 bits per heavy atom. The van der Waals surface area contributed by atoms with Crippen LogP contribution in [0, 0.1) is 0 Å². The van der Waals surface area contributed by atoms with Crippen LogP contribution in [0.1, 0.15) is 51.7 Å². The summed E-state index contributed by atoms with van der Waals surface area (Å²) in [7, 11) is 0. The first-order valence-electron chi connectivity index (χ1n) is 10.6. The largest absolute Gasteiger partial charge is 0.491 e. The van der Waals surface area contributed by atoms with E-state index in [-0.39, 0.29) is 11.5 Å². The van der Waals surface area contributed by atoms with Gasteiger partial charge in [0.15, 0.2) is 0 Å². The number of ether oxygens (including phenoxy) is 2. The molecule has 0 unspecified atom stereocenters. The van der Waals surface area contributed by atoms with E-state index < -0.39 is 0 Å². The Labute approximate surface area is 185 Å². The summed E-state index contributed by atoms with van der Waals surface area (Å²) in [6.07, 6.45) is 3.41. The maximum absolute atomic E-state index is 6.04. The third-order valence-electron chi connectivity index (χ3n) is 5.22. The minimum absolute atomic E-state index is 0.124. The lowest BCUT2D eigenvalue weighted by molar-refractivity contribution is 0.242. The van der Waals surface area contributed by atoms with Crippen molar-refractivity contribution in [3.05, 3.63) is 88.9 Å². The molecule has 0 heterocycles. The lowest BCUT2D eigenvalue weighted by atomic mass is 9.80. The Morgan fingerprint density at radius 1 is 0.833 bits per heavy atom. The topological polar surface area (TPSA) is 18.5 Å². The SMILES string of the molecule is CC(C)Oc1ccc(Oc2cccc(CCCC(C)(C)c3ccc(Cl)cc3)c2)cc1. The standard InChI is InChI=1S/C27H31ClO2/c1-20(2)29-24-14-16-25(17-15-24)30-26-9-5-7-21(19-26)8-6-18-27(3,4)22-10-12-23(28)13-11-22/h5,7,9-17,19-20H,6,8,18H2,1-4H3. The summed E-state index contributed by atoms with van der Waals surface area (Å²) in [5, 5.41) is 0.786. The van der Waals surface area contributed by atoms with E-state index in [1.807, 2.05) is 56.3 Å². The van der Waals surface area contributed by atoms with Crippen LogP contribution >= 0.6 is 11.6 Å². The lowest BCUT2D eigenvalue weighted by Gasteiger charge is -2.25. The van der Waals surface area contributed by atoms with Gasteiger partial charge in [-0.2, -0.15) is 0 Å². The smallest absolute Gasteiger partial charge is 0.127 e. The fourth-order valence-corrected chi connectivity index (χ4v) is 3.66. The van der Waals surface area contributed by atoms with E-state index in [4.69, 9.17) is 21.1 Å². The van der Waals surface area contributed by atoms with E-state index in [1.54, 1.807) is 0 Å². The summed E-state index contributed by atoms with van der Waals surface area (Å²) in [5.41, 5.74) is 2.74. The molecule has 0 saturated carbocycles. The second-order valence-corrected chi connectivity index (χ2v) is 9.07. The number of hydrogen-bond acceptors (Lipinski definition) is 2. The highest BCUT2D eigenvalue weighted by Gasteiger charge is 2.19. The Hall–Kier alpha value is -2.45. The van der Waals surface area contributed by atoms with Gasteiger partial charge in [0.2, 0.25) is 0 Å². The van der Waals surface area contributed by atoms with Gasteiger partial charge in [-0.1, -0.05) is 49.7 Å². The molecular weight excluding hydrogens is 392 g/mol. The van der Waals surface area contributed by atoms with Gasteiger partial charge in [-0.05, 0) is 98.2 Å². The van der Waals surface area contributed by atoms with Crippen molar-refractivity contribution in [2.75, 3.05) is 0 Å². The maximum atomic E-state index is 6.04. The van der Waals surface area contributed by atoms with Crippen LogP contribution in [0.3, 0.4) is 0 Å². The predicted molar refractivity (Wildman–Crippen MR) is 126 cm³/mol. The molecule has 3 heteroatoms. The zero-order valence-corrected chi connectivity index (χ0v) is 19.1. The summed E-state index contributed by atoms with van der Waals surface area (Å²) < 4.78 is 11.7. The highest BCUT2D eigenvalue weighted by molar-refractivity contribution is 6.30. The van der Waals surface area contributed by atoms with Gasteiger partial charge in [0.05, 0.1) is 6.10 Å². The zero-order chi connectivity index (χ0) is 21.6. The number of rotatable bonds is 9. The molecule has 158 valence electrons. The molecule has 0 atom stereocenters. The molecule has 3 aromatic carbocycles. The highest BCUT2D eigenvalue weighted by atomic mass is 35.5. The Morgan fingerprint density at radius 3 is 2.17 bits per heavy atom. The summed E-state index contributed by atoms with van der Waals surface area (Å²) >= 11 is 6.03. The molecule has 0 aromatic heterocycles. The van der Waals surface area contributed by atoms with Crippen LogP contribution < -0.4 is 9.47 Å². The monoisotopic (exact) mass is 422 g/mol. The normalized spacial score (nSPS) is 11.5. The third kappa shape index (κ3) is 6.53. The van der Waals surface area contributed by atoms with Crippen molar-refractivity contribution in [3.63, 3.8) is 0 Å². The van der Waals surface area contributed by atoms with Gasteiger partial charge in [0, 0.05) is 5.02 Å². The third-order valence-corrected chi connectivity index (χ3v) is 5.47. The van der Waals surface area contributed by atoms with E-state index in [0.717, 1.165) is 41.5 Å². The minimum Gasteiger partial charge on any atom is -0.491 e. The van der Waals surface area contributed by atoms with E-state index in [0.29, 0.717) is 0 Å². The molecule has 0 bridgehead atoms. The van der Waals surface area contributed by atoms with Gasteiger partial charge in [-0.3, -0.25) is 0 Å². The molecule has 2 nitrogen and oxygen atoms in total. The minimum atomic E-state index is 0.124. The Balaban J connectivity index is 1.55. The van der Waals surface area contributed by atoms with Gasteiger partial charge in [-0.25, -0.2) is 0 Å². The molecule has 0 aliphatic heterocycles. The summed E-state index contributed by atoms with van der Waals surface area (Å²) in [4.78, 5) is 0. The first-order chi connectivity index (χ1) is 14.3. The summed E-state index contributed by atoms with van der Waals surface area (Å²) in [6, 6.07) is 24.3. The van der Waals surface area contributed by atoms with Crippen molar-refractivity contribution in [1.29, 1.82) is 0 Å². The van der Waals surface area contributed by atoms with Crippen molar-refractivity contribution in [1.82, 2.24) is 0 Å². The van der Waals surface area contributed by atoms with E-state index >= 15 is 0 Å². The Bertz CT molecular complexity index is 928. The number of halogens is 1. The summed E-state index contributed by atoms with van der Waals surface area (Å²) in [5.74, 6) is 2.53. The van der Waals surface area contributed by atoms with Gasteiger partial charge in [0.1, 0.15) is 17.2 Å². The predicted octanol–water partition coefficient (Wildman–Crippen LogP) is 8.22. The van der Waals surface area contributed by atoms with Crippen LogP contribution in [0.2, 0.25) is 5.02 Å². The van der Waals surface area contributed by atoms with Crippen LogP contribution in [-0.4, -0.2) is 6.10 Å². The van der Waals surface area contributed by atoms with Crippen LogP contribution in [-0.2, 0) is 11.8 Å². The Kier molecular flexibility index (Phi) is 7.44. The number of aryl methyl sites for hydroxylation is 1. The average molecular weight is 423 g/mol. The molecule has 0 N–H and O–H groups in total. The van der Waals surface area contributed by atoms with Crippen LogP contribution in [0.4, 0.5) is 0 Å². The van der Waals surface area contributed by atoms with E-state index in [2.05, 4.69) is 44.2 Å². The fourth-order valence-electron chi connectivity index (χ4n) is 3.54. The second-order valence-electron chi connectivity index (χ2n) is 8.63. The zero-order valence-electron chi connectivity index (χ0n) is 18.3. The molecular formula is C27H31ClO2. The quantitative estimate of drug-likeness (QED) is 0.345. The molecule has 3 rings (SSSR count). The average Bonchev–Trinajstić information content (AvgIpc) is 2.70. The van der Waals surface area contributed by atoms with Gasteiger partial charge < -0.3 is 9.47 Å². The van der Waals surface area contributed by atoms with Gasteiger partial charge in [-0.15, -0.1) is 0 Å². The van der Waals surface area contributed by atoms with Crippen molar-refractivity contribution in [3.8, 4) is 17.2 Å². The van der Waals surface area contributed by atoms with Crippen LogP contribution in [0.15, 0.2) is 72.8 Å². The van der Waals surface area contributed by atoms with Crippen LogP contribution in [0.25, 0.3) is 0 Å².